The Kier molecular flexibility index (Phi) is 4.35. The summed E-state index contributed by atoms with van der Waals surface area (Å²) >= 11 is 0. The highest BCUT2D eigenvalue weighted by Gasteiger charge is 2.23. The number of hydrogen-bond acceptors (Lipinski definition) is 5. The molecule has 0 saturated carbocycles. The number of nitrogens with one attached hydrogen (secondary N) is 1. The molecule has 1 aromatic carbocycles. The summed E-state index contributed by atoms with van der Waals surface area (Å²) in [6.07, 6.45) is 0.871. The van der Waals surface area contributed by atoms with Crippen molar-refractivity contribution in [3.8, 4) is 0 Å². The van der Waals surface area contributed by atoms with E-state index in [4.69, 9.17) is 10.5 Å². The molecule has 21 heavy (non-hydrogen) atoms. The van der Waals surface area contributed by atoms with Gasteiger partial charge in [-0.25, -0.2) is 0 Å². The third kappa shape index (κ3) is 3.09. The maximum absolute atomic E-state index is 12.0. The molecule has 1 atom stereocenters. The Morgan fingerprint density at radius 1 is 1.14 bits per heavy atom. The lowest BCUT2D eigenvalue weighted by molar-refractivity contribution is -0.115. The van der Waals surface area contributed by atoms with Gasteiger partial charge in [-0.05, 0) is 37.6 Å². The summed E-state index contributed by atoms with van der Waals surface area (Å²) < 4.78 is 5.03. The Bertz CT molecular complexity index is 642. The molecule has 3 N–H and O–H groups in total. The van der Waals surface area contributed by atoms with Crippen molar-refractivity contribution in [2.45, 2.75) is 20.1 Å². The molecule has 0 aromatic heterocycles. The van der Waals surface area contributed by atoms with Crippen LogP contribution in [0.2, 0.25) is 0 Å². The highest BCUT2D eigenvalue weighted by molar-refractivity contribution is 6.23. The van der Waals surface area contributed by atoms with E-state index in [1.165, 1.54) is 13.2 Å². The first kappa shape index (κ1) is 15.2. The second kappa shape index (κ2) is 6.03. The average Bonchev–Trinajstić information content (AvgIpc) is 2.49. The zero-order valence-corrected chi connectivity index (χ0v) is 12.3. The maximum Gasteiger partial charge on any atom is 0.202 e. The zero-order valence-electron chi connectivity index (χ0n) is 12.3. The molecule has 0 aliphatic heterocycles. The molecular formula is C16H18N2O3. The van der Waals surface area contributed by atoms with E-state index < -0.39 is 6.23 Å². The number of hydrogen-bond donors (Lipinski definition) is 2. The highest BCUT2D eigenvalue weighted by Crippen LogP contribution is 2.22. The Hall–Kier alpha value is -2.24. The number of allylic oxidation sites excluding steroid dienone is 3. The lowest BCUT2D eigenvalue weighted by Crippen LogP contribution is -2.21. The fourth-order valence-electron chi connectivity index (χ4n) is 2.12. The number of methoxy groups -OCH3 is 1. The van der Waals surface area contributed by atoms with Gasteiger partial charge in [-0.15, -0.1) is 0 Å². The molecule has 2 rings (SSSR count). The van der Waals surface area contributed by atoms with E-state index in [1.807, 2.05) is 12.1 Å². The van der Waals surface area contributed by atoms with Gasteiger partial charge in [0, 0.05) is 23.9 Å². The minimum Gasteiger partial charge on any atom is -0.363 e. The molecule has 0 bridgehead atoms. The van der Waals surface area contributed by atoms with E-state index in [0.717, 1.165) is 5.56 Å². The van der Waals surface area contributed by atoms with Crippen LogP contribution in [0, 0.1) is 0 Å². The summed E-state index contributed by atoms with van der Waals surface area (Å²) in [6.45, 7) is 3.29. The summed E-state index contributed by atoms with van der Waals surface area (Å²) in [4.78, 5) is 23.9. The molecule has 5 nitrogen and oxygen atoms in total. The third-order valence-corrected chi connectivity index (χ3v) is 3.43. The van der Waals surface area contributed by atoms with Gasteiger partial charge >= 0.3 is 0 Å². The molecule has 1 unspecified atom stereocenters. The van der Waals surface area contributed by atoms with E-state index in [-0.39, 0.29) is 11.6 Å². The number of benzene rings is 1. The normalized spacial score (nSPS) is 16.9. The van der Waals surface area contributed by atoms with Crippen LogP contribution >= 0.6 is 0 Å². The van der Waals surface area contributed by atoms with E-state index in [0.29, 0.717) is 22.5 Å². The van der Waals surface area contributed by atoms with Crippen LogP contribution in [-0.2, 0) is 14.3 Å². The minimum atomic E-state index is -0.483. The lowest BCUT2D eigenvalue weighted by atomic mass is 9.95. The molecule has 1 aliphatic rings. The lowest BCUT2D eigenvalue weighted by Gasteiger charge is -2.17. The number of carbonyl (C=O) groups is 2. The standard InChI is InChI=1S/C16H18N2O3/c1-9-8-13(19)14(10(2)15(9)20)18-12-6-4-11(5-7-12)16(17)21-3/h4-8,16,18H,17H2,1-3H3. The Morgan fingerprint density at radius 2 is 1.76 bits per heavy atom. The zero-order chi connectivity index (χ0) is 15.6. The molecule has 0 fully saturated rings. The minimum absolute atomic E-state index is 0.116. The smallest absolute Gasteiger partial charge is 0.202 e. The quantitative estimate of drug-likeness (QED) is 0.654. The van der Waals surface area contributed by atoms with Gasteiger partial charge in [0.15, 0.2) is 5.78 Å². The van der Waals surface area contributed by atoms with Crippen LogP contribution in [0.4, 0.5) is 5.69 Å². The number of anilines is 1. The molecule has 5 heteroatoms. The summed E-state index contributed by atoms with van der Waals surface area (Å²) in [5.74, 6) is -0.308. The van der Waals surface area contributed by atoms with Crippen molar-refractivity contribution in [3.63, 3.8) is 0 Å². The highest BCUT2D eigenvalue weighted by atomic mass is 16.5. The Labute approximate surface area is 123 Å². The molecule has 0 saturated heterocycles. The van der Waals surface area contributed by atoms with Crippen LogP contribution in [0.1, 0.15) is 25.6 Å². The van der Waals surface area contributed by atoms with E-state index >= 15 is 0 Å². The fourth-order valence-corrected chi connectivity index (χ4v) is 2.12. The van der Waals surface area contributed by atoms with E-state index in [1.54, 1.807) is 26.0 Å². The molecule has 0 spiro atoms. The average molecular weight is 286 g/mol. The first-order chi connectivity index (χ1) is 9.93. The van der Waals surface area contributed by atoms with Crippen LogP contribution in [-0.4, -0.2) is 18.7 Å². The van der Waals surface area contributed by atoms with Crippen LogP contribution in [0.5, 0.6) is 0 Å². The summed E-state index contributed by atoms with van der Waals surface area (Å²) in [5.41, 5.74) is 8.50. The van der Waals surface area contributed by atoms with Gasteiger partial charge in [0.1, 0.15) is 6.23 Å². The van der Waals surface area contributed by atoms with Gasteiger partial charge < -0.3 is 15.8 Å². The van der Waals surface area contributed by atoms with Crippen molar-refractivity contribution >= 4 is 17.3 Å². The van der Waals surface area contributed by atoms with Crippen LogP contribution in [0.3, 0.4) is 0 Å². The summed E-state index contributed by atoms with van der Waals surface area (Å²) in [5, 5.41) is 3.00. The molecule has 0 amide bonds. The number of ether oxygens (including phenoxy) is 1. The second-order valence-electron chi connectivity index (χ2n) is 4.92. The van der Waals surface area contributed by atoms with Crippen LogP contribution in [0.25, 0.3) is 0 Å². The van der Waals surface area contributed by atoms with Gasteiger partial charge in [-0.3, -0.25) is 9.59 Å². The predicted molar refractivity (Wildman–Crippen MR) is 80.5 cm³/mol. The first-order valence-corrected chi connectivity index (χ1v) is 6.57. The fraction of sp³-hybridized carbons (Fsp3) is 0.250. The molecule has 0 radical (unpaired) electrons. The number of carbonyl (C=O) groups excluding carboxylic acids is 2. The van der Waals surface area contributed by atoms with Gasteiger partial charge in [0.05, 0.1) is 5.70 Å². The Balaban J connectivity index is 2.22. The van der Waals surface area contributed by atoms with Crippen molar-refractivity contribution in [1.82, 2.24) is 0 Å². The van der Waals surface area contributed by atoms with Gasteiger partial charge in [0.2, 0.25) is 5.78 Å². The topological polar surface area (TPSA) is 81.4 Å². The van der Waals surface area contributed by atoms with Gasteiger partial charge in [-0.1, -0.05) is 12.1 Å². The summed E-state index contributed by atoms with van der Waals surface area (Å²) in [7, 11) is 1.53. The van der Waals surface area contributed by atoms with Crippen molar-refractivity contribution < 1.29 is 14.3 Å². The van der Waals surface area contributed by atoms with Crippen LogP contribution < -0.4 is 11.1 Å². The second-order valence-corrected chi connectivity index (χ2v) is 4.92. The monoisotopic (exact) mass is 286 g/mol. The molecular weight excluding hydrogens is 268 g/mol. The van der Waals surface area contributed by atoms with Crippen LogP contribution in [0.15, 0.2) is 47.2 Å². The first-order valence-electron chi connectivity index (χ1n) is 6.57. The molecule has 110 valence electrons. The number of rotatable bonds is 4. The van der Waals surface area contributed by atoms with E-state index in [2.05, 4.69) is 5.32 Å². The van der Waals surface area contributed by atoms with E-state index in [9.17, 15) is 9.59 Å². The Morgan fingerprint density at radius 3 is 2.33 bits per heavy atom. The summed E-state index contributed by atoms with van der Waals surface area (Å²) in [6, 6.07) is 7.19. The molecule has 1 aliphatic carbocycles. The van der Waals surface area contributed by atoms with Gasteiger partial charge in [0.25, 0.3) is 0 Å². The SMILES string of the molecule is COC(N)c1ccc(NC2=C(C)C(=O)C(C)=CC2=O)cc1. The molecule has 1 aromatic rings. The number of ketones is 2. The third-order valence-electron chi connectivity index (χ3n) is 3.43. The maximum atomic E-state index is 12.0. The largest absolute Gasteiger partial charge is 0.363 e. The number of Topliss-reactive ketones (excluding diaryl/α,β-unsaturated/α-hetero) is 1. The molecule has 0 heterocycles. The van der Waals surface area contributed by atoms with Crippen molar-refractivity contribution in [1.29, 1.82) is 0 Å². The van der Waals surface area contributed by atoms with Crippen molar-refractivity contribution in [2.75, 3.05) is 12.4 Å². The predicted octanol–water partition coefficient (Wildman–Crippen LogP) is 2.07. The number of nitrogens with two attached hydrogens (primary N) is 1. The van der Waals surface area contributed by atoms with Crippen molar-refractivity contribution in [2.24, 2.45) is 5.73 Å². The van der Waals surface area contributed by atoms with Gasteiger partial charge in [-0.2, -0.15) is 0 Å². The van der Waals surface area contributed by atoms with Crippen molar-refractivity contribution in [3.05, 3.63) is 52.7 Å².